The number of hydrogen-bond acceptors (Lipinski definition) is 3. The first kappa shape index (κ1) is 15.4. The van der Waals surface area contributed by atoms with Crippen molar-refractivity contribution in [1.29, 1.82) is 0 Å². The SMILES string of the molecule is CCOC(=O)c1cc(C)c(Cl)nc1Cc1ccccc1F. The van der Waals surface area contributed by atoms with E-state index in [0.29, 0.717) is 27.5 Å². The Kier molecular flexibility index (Phi) is 4.91. The van der Waals surface area contributed by atoms with E-state index in [0.717, 1.165) is 0 Å². The number of rotatable bonds is 4. The van der Waals surface area contributed by atoms with Gasteiger partial charge >= 0.3 is 5.97 Å². The summed E-state index contributed by atoms with van der Waals surface area (Å²) in [6, 6.07) is 8.00. The molecule has 0 amide bonds. The van der Waals surface area contributed by atoms with Gasteiger partial charge in [0.2, 0.25) is 0 Å². The maximum Gasteiger partial charge on any atom is 0.340 e. The van der Waals surface area contributed by atoms with Crippen molar-refractivity contribution in [1.82, 2.24) is 4.98 Å². The number of carbonyl (C=O) groups excluding carboxylic acids is 1. The predicted octanol–water partition coefficient (Wildman–Crippen LogP) is 3.95. The van der Waals surface area contributed by atoms with Crippen molar-refractivity contribution in [2.24, 2.45) is 0 Å². The smallest absolute Gasteiger partial charge is 0.340 e. The summed E-state index contributed by atoms with van der Waals surface area (Å²) in [6.07, 6.45) is 0.181. The number of carbonyl (C=O) groups is 1. The lowest BCUT2D eigenvalue weighted by molar-refractivity contribution is 0.0524. The van der Waals surface area contributed by atoms with Crippen LogP contribution in [0.15, 0.2) is 30.3 Å². The molecule has 1 heterocycles. The van der Waals surface area contributed by atoms with Crippen molar-refractivity contribution < 1.29 is 13.9 Å². The van der Waals surface area contributed by atoms with Gasteiger partial charge in [-0.15, -0.1) is 0 Å². The average molecular weight is 308 g/mol. The lowest BCUT2D eigenvalue weighted by Gasteiger charge is -2.11. The fraction of sp³-hybridized carbons (Fsp3) is 0.250. The first-order valence-corrected chi connectivity index (χ1v) is 6.97. The third-order valence-electron chi connectivity index (χ3n) is 3.04. The minimum Gasteiger partial charge on any atom is -0.462 e. The van der Waals surface area contributed by atoms with E-state index in [1.165, 1.54) is 6.07 Å². The number of esters is 1. The van der Waals surface area contributed by atoms with Crippen LogP contribution in [0.5, 0.6) is 0 Å². The molecular formula is C16H15ClFNO2. The van der Waals surface area contributed by atoms with Crippen molar-refractivity contribution in [2.75, 3.05) is 6.61 Å². The number of ether oxygens (including phenoxy) is 1. The zero-order valence-corrected chi connectivity index (χ0v) is 12.6. The summed E-state index contributed by atoms with van der Waals surface area (Å²) in [5.74, 6) is -0.818. The predicted molar refractivity (Wildman–Crippen MR) is 79.1 cm³/mol. The van der Waals surface area contributed by atoms with Crippen molar-refractivity contribution in [3.8, 4) is 0 Å². The summed E-state index contributed by atoms with van der Waals surface area (Å²) in [6.45, 7) is 3.75. The van der Waals surface area contributed by atoms with E-state index in [1.54, 1.807) is 38.1 Å². The second-order valence-electron chi connectivity index (χ2n) is 4.58. The van der Waals surface area contributed by atoms with E-state index >= 15 is 0 Å². The maximum absolute atomic E-state index is 13.8. The number of pyridine rings is 1. The zero-order valence-electron chi connectivity index (χ0n) is 11.8. The van der Waals surface area contributed by atoms with Crippen LogP contribution in [0.3, 0.4) is 0 Å². The molecule has 0 saturated carbocycles. The van der Waals surface area contributed by atoms with Crippen molar-refractivity contribution in [3.63, 3.8) is 0 Å². The molecule has 0 fully saturated rings. The molecule has 2 aromatic rings. The minimum atomic E-state index is -0.476. The van der Waals surface area contributed by atoms with Crippen LogP contribution in [0.2, 0.25) is 5.15 Å². The fourth-order valence-electron chi connectivity index (χ4n) is 1.97. The summed E-state index contributed by atoms with van der Waals surface area (Å²) >= 11 is 6.02. The highest BCUT2D eigenvalue weighted by Crippen LogP contribution is 2.21. The van der Waals surface area contributed by atoms with Gasteiger partial charge in [0, 0.05) is 6.42 Å². The van der Waals surface area contributed by atoms with E-state index in [4.69, 9.17) is 16.3 Å². The van der Waals surface area contributed by atoms with Crippen LogP contribution in [0.25, 0.3) is 0 Å². The van der Waals surface area contributed by atoms with Gasteiger partial charge in [-0.3, -0.25) is 0 Å². The Morgan fingerprint density at radius 1 is 1.38 bits per heavy atom. The van der Waals surface area contributed by atoms with Crippen LogP contribution in [-0.2, 0) is 11.2 Å². The molecule has 3 nitrogen and oxygen atoms in total. The third-order valence-corrected chi connectivity index (χ3v) is 3.42. The number of aromatic nitrogens is 1. The Bertz CT molecular complexity index is 673. The molecule has 1 aromatic heterocycles. The van der Waals surface area contributed by atoms with Gasteiger partial charge < -0.3 is 4.74 Å². The van der Waals surface area contributed by atoms with Crippen LogP contribution < -0.4 is 0 Å². The average Bonchev–Trinajstić information content (AvgIpc) is 2.45. The first-order valence-electron chi connectivity index (χ1n) is 6.59. The summed E-state index contributed by atoms with van der Waals surface area (Å²) in [4.78, 5) is 16.2. The molecule has 0 unspecified atom stereocenters. The van der Waals surface area contributed by atoms with Crippen molar-refractivity contribution >= 4 is 17.6 Å². The molecule has 0 bridgehead atoms. The highest BCUT2D eigenvalue weighted by Gasteiger charge is 2.17. The molecule has 0 aliphatic heterocycles. The second kappa shape index (κ2) is 6.68. The molecule has 0 aliphatic carbocycles. The second-order valence-corrected chi connectivity index (χ2v) is 4.94. The van der Waals surface area contributed by atoms with Crippen molar-refractivity contribution in [2.45, 2.75) is 20.3 Å². The molecule has 21 heavy (non-hydrogen) atoms. The minimum absolute atomic E-state index is 0.181. The molecule has 5 heteroatoms. The third kappa shape index (κ3) is 3.58. The van der Waals surface area contributed by atoms with Gasteiger partial charge in [0.1, 0.15) is 11.0 Å². The lowest BCUT2D eigenvalue weighted by atomic mass is 10.0. The monoisotopic (exact) mass is 307 g/mol. The van der Waals surface area contributed by atoms with Gasteiger partial charge in [-0.1, -0.05) is 29.8 Å². The summed E-state index contributed by atoms with van der Waals surface area (Å²) in [5.41, 5.74) is 1.86. The quantitative estimate of drug-likeness (QED) is 0.634. The lowest BCUT2D eigenvalue weighted by Crippen LogP contribution is -2.11. The van der Waals surface area contributed by atoms with Gasteiger partial charge in [0.05, 0.1) is 17.9 Å². The van der Waals surface area contributed by atoms with E-state index < -0.39 is 5.97 Å². The Balaban J connectivity index is 2.44. The highest BCUT2D eigenvalue weighted by atomic mass is 35.5. The highest BCUT2D eigenvalue weighted by molar-refractivity contribution is 6.30. The van der Waals surface area contributed by atoms with Crippen LogP contribution in [0.1, 0.15) is 34.1 Å². The first-order chi connectivity index (χ1) is 10.0. The number of nitrogens with zero attached hydrogens (tertiary/aromatic N) is 1. The topological polar surface area (TPSA) is 39.2 Å². The normalized spacial score (nSPS) is 10.5. The van der Waals surface area contributed by atoms with Gasteiger partial charge in [0.15, 0.2) is 0 Å². The molecule has 2 rings (SSSR count). The Morgan fingerprint density at radius 2 is 2.10 bits per heavy atom. The zero-order chi connectivity index (χ0) is 15.4. The molecule has 0 atom stereocenters. The molecule has 0 saturated heterocycles. The molecule has 0 spiro atoms. The summed E-state index contributed by atoms with van der Waals surface area (Å²) in [7, 11) is 0. The van der Waals surface area contributed by atoms with Crippen molar-refractivity contribution in [3.05, 3.63) is 63.7 Å². The summed E-state index contributed by atoms with van der Waals surface area (Å²) < 4.78 is 18.8. The number of benzene rings is 1. The van der Waals surface area contributed by atoms with E-state index in [9.17, 15) is 9.18 Å². The molecule has 0 N–H and O–H groups in total. The number of aryl methyl sites for hydroxylation is 1. The molecule has 0 aliphatic rings. The van der Waals surface area contributed by atoms with Gasteiger partial charge in [-0.25, -0.2) is 14.2 Å². The van der Waals surface area contributed by atoms with Gasteiger partial charge in [-0.2, -0.15) is 0 Å². The van der Waals surface area contributed by atoms with E-state index in [2.05, 4.69) is 4.98 Å². The van der Waals surface area contributed by atoms with Gasteiger partial charge in [-0.05, 0) is 37.1 Å². The maximum atomic E-state index is 13.8. The van der Waals surface area contributed by atoms with Crippen LogP contribution >= 0.6 is 11.6 Å². The number of hydrogen-bond donors (Lipinski definition) is 0. The molecule has 1 aromatic carbocycles. The summed E-state index contributed by atoms with van der Waals surface area (Å²) in [5, 5.41) is 0.300. The Labute approximate surface area is 127 Å². The van der Waals surface area contributed by atoms with E-state index in [-0.39, 0.29) is 18.8 Å². The van der Waals surface area contributed by atoms with Crippen LogP contribution in [0.4, 0.5) is 4.39 Å². The Hall–Kier alpha value is -1.94. The molecular weight excluding hydrogens is 293 g/mol. The Morgan fingerprint density at radius 3 is 2.76 bits per heavy atom. The van der Waals surface area contributed by atoms with Gasteiger partial charge in [0.25, 0.3) is 0 Å². The van der Waals surface area contributed by atoms with Crippen LogP contribution in [-0.4, -0.2) is 17.6 Å². The standard InChI is InChI=1S/C16H15ClFNO2/c1-3-21-16(20)12-8-10(2)15(17)19-14(12)9-11-6-4-5-7-13(11)18/h4-8H,3,9H2,1-2H3. The fourth-order valence-corrected chi connectivity index (χ4v) is 2.13. The van der Waals surface area contributed by atoms with Crippen LogP contribution in [0, 0.1) is 12.7 Å². The molecule has 0 radical (unpaired) electrons. The largest absolute Gasteiger partial charge is 0.462 e. The molecule has 110 valence electrons. The number of halogens is 2. The van der Waals surface area contributed by atoms with E-state index in [1.807, 2.05) is 0 Å².